The molecule has 7 nitrogen and oxygen atoms in total. The fourth-order valence-corrected chi connectivity index (χ4v) is 5.40. The number of rotatable bonds is 4. The highest BCUT2D eigenvalue weighted by atomic mass is 32.2. The standard InChI is InChI=1S/C15H20N4O3S2/c1-10-5-6-12(22-2)13(8-10)24(20,21)19-7-3-4-11(9-19)14-17-18-15(16)23-14/h5-6,8,11H,3-4,7,9H2,1-2H3,(H2,16,18)/t11-/m1/s1. The Labute approximate surface area is 145 Å². The molecule has 2 N–H and O–H groups in total. The number of nitrogen functional groups attached to an aromatic ring is 1. The van der Waals surface area contributed by atoms with Gasteiger partial charge in [0.2, 0.25) is 15.2 Å². The molecule has 1 fully saturated rings. The van der Waals surface area contributed by atoms with Crippen LogP contribution in [0.5, 0.6) is 5.75 Å². The quantitative estimate of drug-likeness (QED) is 0.886. The molecule has 2 aromatic rings. The number of nitrogens with zero attached hydrogens (tertiary/aromatic N) is 3. The summed E-state index contributed by atoms with van der Waals surface area (Å²) >= 11 is 1.32. The second-order valence-corrected chi connectivity index (χ2v) is 8.78. The normalized spacial score (nSPS) is 19.3. The molecular weight excluding hydrogens is 348 g/mol. The fourth-order valence-electron chi connectivity index (χ4n) is 2.90. The number of hydrogen-bond donors (Lipinski definition) is 1. The summed E-state index contributed by atoms with van der Waals surface area (Å²) in [5.41, 5.74) is 6.52. The molecule has 0 radical (unpaired) electrons. The molecule has 1 saturated heterocycles. The van der Waals surface area contributed by atoms with Crippen molar-refractivity contribution in [1.82, 2.24) is 14.5 Å². The van der Waals surface area contributed by atoms with E-state index in [9.17, 15) is 8.42 Å². The molecule has 1 aliphatic rings. The van der Waals surface area contributed by atoms with E-state index in [2.05, 4.69) is 10.2 Å². The van der Waals surface area contributed by atoms with E-state index >= 15 is 0 Å². The minimum absolute atomic E-state index is 0.0270. The number of nitrogens with two attached hydrogens (primary N) is 1. The van der Waals surface area contributed by atoms with Gasteiger partial charge in [-0.15, -0.1) is 10.2 Å². The molecule has 9 heteroatoms. The van der Waals surface area contributed by atoms with Crippen molar-refractivity contribution in [2.45, 2.75) is 30.6 Å². The number of aryl methyl sites for hydroxylation is 1. The molecule has 1 aliphatic heterocycles. The number of benzene rings is 1. The smallest absolute Gasteiger partial charge is 0.246 e. The summed E-state index contributed by atoms with van der Waals surface area (Å²) in [4.78, 5) is 0.211. The number of ether oxygens (including phenoxy) is 1. The van der Waals surface area contributed by atoms with Crippen molar-refractivity contribution in [2.24, 2.45) is 0 Å². The van der Waals surface area contributed by atoms with Crippen LogP contribution >= 0.6 is 11.3 Å². The maximum atomic E-state index is 13.1. The number of methoxy groups -OCH3 is 1. The van der Waals surface area contributed by atoms with Crippen LogP contribution in [0.25, 0.3) is 0 Å². The molecule has 1 aromatic heterocycles. The molecule has 2 heterocycles. The largest absolute Gasteiger partial charge is 0.495 e. The third kappa shape index (κ3) is 3.24. The lowest BCUT2D eigenvalue weighted by Crippen LogP contribution is -2.39. The SMILES string of the molecule is COc1ccc(C)cc1S(=O)(=O)N1CCC[C@@H](c2nnc(N)s2)C1. The van der Waals surface area contributed by atoms with Gasteiger partial charge >= 0.3 is 0 Å². The van der Waals surface area contributed by atoms with Gasteiger partial charge in [0, 0.05) is 19.0 Å². The van der Waals surface area contributed by atoms with Crippen LogP contribution in [-0.2, 0) is 10.0 Å². The van der Waals surface area contributed by atoms with Crippen LogP contribution in [0.15, 0.2) is 23.1 Å². The lowest BCUT2D eigenvalue weighted by molar-refractivity contribution is 0.312. The Balaban J connectivity index is 1.91. The predicted molar refractivity (Wildman–Crippen MR) is 92.8 cm³/mol. The topological polar surface area (TPSA) is 98.4 Å². The fraction of sp³-hybridized carbons (Fsp3) is 0.467. The Hall–Kier alpha value is -1.71. The maximum Gasteiger partial charge on any atom is 0.246 e. The van der Waals surface area contributed by atoms with Gasteiger partial charge in [0.15, 0.2) is 0 Å². The van der Waals surface area contributed by atoms with E-state index in [0.717, 1.165) is 23.4 Å². The first kappa shape index (κ1) is 17.1. The van der Waals surface area contributed by atoms with Gasteiger partial charge in [0.1, 0.15) is 15.7 Å². The summed E-state index contributed by atoms with van der Waals surface area (Å²) in [5.74, 6) is 0.391. The van der Waals surface area contributed by atoms with Crippen LogP contribution in [0.3, 0.4) is 0 Å². The first-order chi connectivity index (χ1) is 11.4. The van der Waals surface area contributed by atoms with Crippen LogP contribution in [0, 0.1) is 6.92 Å². The molecule has 1 atom stereocenters. The second kappa shape index (κ2) is 6.66. The predicted octanol–water partition coefficient (Wildman–Crippen LogP) is 2.01. The summed E-state index contributed by atoms with van der Waals surface area (Å²) in [6.45, 7) is 2.74. The zero-order chi connectivity index (χ0) is 17.3. The highest BCUT2D eigenvalue weighted by molar-refractivity contribution is 7.89. The van der Waals surface area contributed by atoms with E-state index in [1.54, 1.807) is 12.1 Å². The average molecular weight is 368 g/mol. The van der Waals surface area contributed by atoms with E-state index in [1.165, 1.54) is 22.8 Å². The van der Waals surface area contributed by atoms with Gasteiger partial charge in [-0.3, -0.25) is 0 Å². The molecule has 130 valence electrons. The van der Waals surface area contributed by atoms with Crippen LogP contribution in [0.4, 0.5) is 5.13 Å². The van der Waals surface area contributed by atoms with Gasteiger partial charge in [-0.2, -0.15) is 4.31 Å². The van der Waals surface area contributed by atoms with Crippen molar-refractivity contribution in [3.8, 4) is 5.75 Å². The van der Waals surface area contributed by atoms with Crippen molar-refractivity contribution in [3.05, 3.63) is 28.8 Å². The van der Waals surface area contributed by atoms with E-state index in [-0.39, 0.29) is 10.8 Å². The van der Waals surface area contributed by atoms with E-state index in [1.807, 2.05) is 13.0 Å². The van der Waals surface area contributed by atoms with Crippen molar-refractivity contribution in [2.75, 3.05) is 25.9 Å². The third-order valence-corrected chi connectivity index (χ3v) is 6.93. The number of aromatic nitrogens is 2. The lowest BCUT2D eigenvalue weighted by Gasteiger charge is -2.31. The van der Waals surface area contributed by atoms with Crippen LogP contribution in [0.2, 0.25) is 0 Å². The van der Waals surface area contributed by atoms with Crippen molar-refractivity contribution in [3.63, 3.8) is 0 Å². The van der Waals surface area contributed by atoms with Gasteiger partial charge in [-0.1, -0.05) is 17.4 Å². The minimum Gasteiger partial charge on any atom is -0.495 e. The molecule has 0 unspecified atom stereocenters. The summed E-state index contributed by atoms with van der Waals surface area (Å²) in [5, 5.41) is 9.11. The van der Waals surface area contributed by atoms with Gasteiger partial charge in [-0.05, 0) is 37.5 Å². The van der Waals surface area contributed by atoms with Crippen molar-refractivity contribution < 1.29 is 13.2 Å². The first-order valence-electron chi connectivity index (χ1n) is 7.65. The molecule has 0 aliphatic carbocycles. The van der Waals surface area contributed by atoms with Crippen LogP contribution < -0.4 is 10.5 Å². The monoisotopic (exact) mass is 368 g/mol. The zero-order valence-electron chi connectivity index (χ0n) is 13.6. The van der Waals surface area contributed by atoms with Gasteiger partial charge in [0.25, 0.3) is 0 Å². The highest BCUT2D eigenvalue weighted by Crippen LogP contribution is 2.34. The third-order valence-electron chi connectivity index (χ3n) is 4.13. The number of anilines is 1. The first-order valence-corrected chi connectivity index (χ1v) is 9.91. The van der Waals surface area contributed by atoms with Crippen LogP contribution in [0.1, 0.15) is 29.3 Å². The van der Waals surface area contributed by atoms with E-state index in [0.29, 0.717) is 24.0 Å². The molecule has 0 saturated carbocycles. The van der Waals surface area contributed by atoms with E-state index in [4.69, 9.17) is 10.5 Å². The summed E-state index contributed by atoms with van der Waals surface area (Å²) < 4.78 is 32.9. The van der Waals surface area contributed by atoms with E-state index < -0.39 is 10.0 Å². The second-order valence-electron chi connectivity index (χ2n) is 5.84. The number of sulfonamides is 1. The Bertz CT molecular complexity index is 835. The molecule has 24 heavy (non-hydrogen) atoms. The minimum atomic E-state index is -3.63. The Morgan fingerprint density at radius 2 is 2.17 bits per heavy atom. The molecular formula is C15H20N4O3S2. The Morgan fingerprint density at radius 3 is 2.83 bits per heavy atom. The summed E-state index contributed by atoms with van der Waals surface area (Å²) in [6, 6.07) is 5.18. The van der Waals surface area contributed by atoms with Crippen molar-refractivity contribution in [1.29, 1.82) is 0 Å². The highest BCUT2D eigenvalue weighted by Gasteiger charge is 2.34. The van der Waals surface area contributed by atoms with Gasteiger partial charge in [0.05, 0.1) is 7.11 Å². The average Bonchev–Trinajstić information content (AvgIpc) is 3.01. The Morgan fingerprint density at radius 1 is 1.38 bits per heavy atom. The van der Waals surface area contributed by atoms with Gasteiger partial charge in [-0.25, -0.2) is 8.42 Å². The maximum absolute atomic E-state index is 13.1. The Kier molecular flexibility index (Phi) is 4.75. The number of hydrogen-bond acceptors (Lipinski definition) is 7. The molecule has 0 spiro atoms. The molecule has 0 amide bonds. The number of piperidine rings is 1. The zero-order valence-corrected chi connectivity index (χ0v) is 15.2. The lowest BCUT2D eigenvalue weighted by atomic mass is 10.0. The molecule has 0 bridgehead atoms. The molecule has 1 aromatic carbocycles. The summed E-state index contributed by atoms with van der Waals surface area (Å²) in [7, 11) is -2.15. The molecule has 3 rings (SSSR count). The van der Waals surface area contributed by atoms with Crippen LogP contribution in [-0.4, -0.2) is 43.1 Å². The van der Waals surface area contributed by atoms with Crippen molar-refractivity contribution >= 4 is 26.5 Å². The van der Waals surface area contributed by atoms with Gasteiger partial charge < -0.3 is 10.5 Å². The summed E-state index contributed by atoms with van der Waals surface area (Å²) in [6.07, 6.45) is 1.66.